The molecule has 0 heterocycles. The lowest BCUT2D eigenvalue weighted by Crippen LogP contribution is -1.95. The second kappa shape index (κ2) is 4.69. The smallest absolute Gasteiger partial charge is 0.0899 e. The second-order valence-electron chi connectivity index (χ2n) is 3.02. The summed E-state index contributed by atoms with van der Waals surface area (Å²) in [6.45, 7) is 2.10. The van der Waals surface area contributed by atoms with Gasteiger partial charge in [-0.05, 0) is 17.5 Å². The molecule has 0 fully saturated rings. The molecule has 0 saturated heterocycles. The molecule has 68 valence electrons. The van der Waals surface area contributed by atoms with Crippen LogP contribution in [0.15, 0.2) is 24.3 Å². The Hall–Kier alpha value is -1.26. The molecule has 0 radical (unpaired) electrons. The molecule has 0 aliphatic carbocycles. The van der Waals surface area contributed by atoms with Gasteiger partial charge in [0.2, 0.25) is 0 Å². The summed E-state index contributed by atoms with van der Waals surface area (Å²) in [7, 11) is 0. The van der Waals surface area contributed by atoms with Crippen LogP contribution in [0.1, 0.15) is 30.6 Å². The number of aliphatic hydroxyl groups excluding tert-OH is 1. The first-order valence-electron chi connectivity index (χ1n) is 4.48. The van der Waals surface area contributed by atoms with Crippen LogP contribution in [0.3, 0.4) is 0 Å². The van der Waals surface area contributed by atoms with Crippen LogP contribution in [0.4, 0.5) is 0 Å². The minimum atomic E-state index is -0.518. The normalized spacial score (nSPS) is 12.1. The number of terminal acetylenes is 1. The number of hydrogen-bond donors (Lipinski definition) is 1. The molecule has 0 spiro atoms. The average molecular weight is 174 g/mol. The van der Waals surface area contributed by atoms with Gasteiger partial charge in [0.25, 0.3) is 0 Å². The molecule has 0 aliphatic heterocycles. The monoisotopic (exact) mass is 174 g/mol. The molecular formula is C12H14O. The standard InChI is InChI=1S/C12H14O/c1-3-5-12(13)11-8-6-10(4-2)7-9-11/h1,6-9,12-13H,4-5H2,2H3. The van der Waals surface area contributed by atoms with Crippen LogP contribution in [0.25, 0.3) is 0 Å². The fraction of sp³-hybridized carbons (Fsp3) is 0.333. The van der Waals surface area contributed by atoms with Crippen molar-refractivity contribution < 1.29 is 5.11 Å². The second-order valence-corrected chi connectivity index (χ2v) is 3.02. The van der Waals surface area contributed by atoms with E-state index in [0.29, 0.717) is 6.42 Å². The Bertz CT molecular complexity index is 292. The van der Waals surface area contributed by atoms with Crippen molar-refractivity contribution in [1.82, 2.24) is 0 Å². The molecule has 0 aromatic heterocycles. The highest BCUT2D eigenvalue weighted by Crippen LogP contribution is 2.16. The molecule has 1 atom stereocenters. The van der Waals surface area contributed by atoms with Gasteiger partial charge in [0, 0.05) is 6.42 Å². The molecule has 1 aromatic carbocycles. The van der Waals surface area contributed by atoms with Gasteiger partial charge in [0.05, 0.1) is 6.10 Å². The topological polar surface area (TPSA) is 20.2 Å². The van der Waals surface area contributed by atoms with Gasteiger partial charge in [0.15, 0.2) is 0 Å². The number of benzene rings is 1. The molecule has 1 rings (SSSR count). The van der Waals surface area contributed by atoms with Crippen LogP contribution in [0.2, 0.25) is 0 Å². The van der Waals surface area contributed by atoms with Crippen LogP contribution >= 0.6 is 0 Å². The van der Waals surface area contributed by atoms with Crippen molar-refractivity contribution in [1.29, 1.82) is 0 Å². The minimum Gasteiger partial charge on any atom is -0.387 e. The minimum absolute atomic E-state index is 0.380. The van der Waals surface area contributed by atoms with Crippen LogP contribution in [-0.2, 0) is 6.42 Å². The van der Waals surface area contributed by atoms with E-state index < -0.39 is 6.10 Å². The summed E-state index contributed by atoms with van der Waals surface area (Å²) < 4.78 is 0. The highest BCUT2D eigenvalue weighted by Gasteiger charge is 2.04. The number of rotatable bonds is 3. The molecule has 0 bridgehead atoms. The summed E-state index contributed by atoms with van der Waals surface area (Å²) >= 11 is 0. The number of hydrogen-bond acceptors (Lipinski definition) is 1. The first-order valence-corrected chi connectivity index (χ1v) is 4.48. The highest BCUT2D eigenvalue weighted by atomic mass is 16.3. The Labute approximate surface area is 79.4 Å². The van der Waals surface area contributed by atoms with Crippen LogP contribution in [-0.4, -0.2) is 5.11 Å². The third-order valence-electron chi connectivity index (χ3n) is 2.08. The number of aliphatic hydroxyl groups is 1. The fourth-order valence-electron chi connectivity index (χ4n) is 1.20. The van der Waals surface area contributed by atoms with Crippen LogP contribution < -0.4 is 0 Å². The van der Waals surface area contributed by atoms with Gasteiger partial charge in [-0.2, -0.15) is 0 Å². The van der Waals surface area contributed by atoms with E-state index in [1.54, 1.807) is 0 Å². The summed E-state index contributed by atoms with van der Waals surface area (Å²) in [5, 5.41) is 9.54. The van der Waals surface area contributed by atoms with Gasteiger partial charge in [0.1, 0.15) is 0 Å². The molecule has 1 N–H and O–H groups in total. The molecular weight excluding hydrogens is 160 g/mol. The lowest BCUT2D eigenvalue weighted by Gasteiger charge is -2.07. The average Bonchev–Trinajstić information content (AvgIpc) is 2.18. The van der Waals surface area contributed by atoms with E-state index in [9.17, 15) is 5.11 Å². The van der Waals surface area contributed by atoms with E-state index in [4.69, 9.17) is 6.42 Å². The van der Waals surface area contributed by atoms with Gasteiger partial charge in [-0.1, -0.05) is 31.2 Å². The van der Waals surface area contributed by atoms with E-state index in [-0.39, 0.29) is 0 Å². The zero-order valence-electron chi connectivity index (χ0n) is 7.83. The van der Waals surface area contributed by atoms with Crippen molar-refractivity contribution in [3.05, 3.63) is 35.4 Å². The van der Waals surface area contributed by atoms with E-state index >= 15 is 0 Å². The lowest BCUT2D eigenvalue weighted by atomic mass is 10.0. The zero-order valence-corrected chi connectivity index (χ0v) is 7.83. The molecule has 1 unspecified atom stereocenters. The van der Waals surface area contributed by atoms with Crippen molar-refractivity contribution in [2.24, 2.45) is 0 Å². The Morgan fingerprint density at radius 1 is 1.38 bits per heavy atom. The molecule has 1 nitrogen and oxygen atoms in total. The van der Waals surface area contributed by atoms with Crippen molar-refractivity contribution in [2.75, 3.05) is 0 Å². The summed E-state index contributed by atoms with van der Waals surface area (Å²) in [5.41, 5.74) is 2.17. The van der Waals surface area contributed by atoms with E-state index in [2.05, 4.69) is 12.8 Å². The first-order chi connectivity index (χ1) is 6.27. The summed E-state index contributed by atoms with van der Waals surface area (Å²) in [6.07, 6.45) is 5.99. The summed E-state index contributed by atoms with van der Waals surface area (Å²) in [6, 6.07) is 7.91. The van der Waals surface area contributed by atoms with Crippen molar-refractivity contribution in [3.8, 4) is 12.3 Å². The van der Waals surface area contributed by atoms with Gasteiger partial charge in [-0.3, -0.25) is 0 Å². The molecule has 1 aromatic rings. The quantitative estimate of drug-likeness (QED) is 0.697. The maximum Gasteiger partial charge on any atom is 0.0899 e. The third-order valence-corrected chi connectivity index (χ3v) is 2.08. The Kier molecular flexibility index (Phi) is 3.54. The Morgan fingerprint density at radius 2 is 2.00 bits per heavy atom. The Balaban J connectivity index is 2.74. The predicted octanol–water partition coefficient (Wildman–Crippen LogP) is 2.31. The Morgan fingerprint density at radius 3 is 2.46 bits per heavy atom. The predicted molar refractivity (Wildman–Crippen MR) is 54.2 cm³/mol. The molecule has 0 aliphatic rings. The van der Waals surface area contributed by atoms with Crippen molar-refractivity contribution in [3.63, 3.8) is 0 Å². The molecule has 1 heteroatoms. The van der Waals surface area contributed by atoms with Crippen LogP contribution in [0.5, 0.6) is 0 Å². The van der Waals surface area contributed by atoms with E-state index in [1.165, 1.54) is 5.56 Å². The number of aryl methyl sites for hydroxylation is 1. The summed E-state index contributed by atoms with van der Waals surface area (Å²) in [5.74, 6) is 2.44. The zero-order chi connectivity index (χ0) is 9.68. The largest absolute Gasteiger partial charge is 0.387 e. The third kappa shape index (κ3) is 2.61. The SMILES string of the molecule is C#CCC(O)c1ccc(CC)cc1. The van der Waals surface area contributed by atoms with Crippen molar-refractivity contribution in [2.45, 2.75) is 25.9 Å². The fourth-order valence-corrected chi connectivity index (χ4v) is 1.20. The molecule has 0 amide bonds. The summed E-state index contributed by atoms with van der Waals surface area (Å²) in [4.78, 5) is 0. The van der Waals surface area contributed by atoms with Gasteiger partial charge < -0.3 is 5.11 Å². The lowest BCUT2D eigenvalue weighted by molar-refractivity contribution is 0.184. The van der Waals surface area contributed by atoms with E-state index in [1.807, 2.05) is 24.3 Å². The first kappa shape index (κ1) is 9.83. The van der Waals surface area contributed by atoms with Gasteiger partial charge in [-0.15, -0.1) is 12.3 Å². The highest BCUT2D eigenvalue weighted by molar-refractivity contribution is 5.24. The maximum atomic E-state index is 9.54. The maximum absolute atomic E-state index is 9.54. The van der Waals surface area contributed by atoms with Gasteiger partial charge >= 0.3 is 0 Å². The van der Waals surface area contributed by atoms with Crippen molar-refractivity contribution >= 4 is 0 Å². The van der Waals surface area contributed by atoms with E-state index in [0.717, 1.165) is 12.0 Å². The molecule has 13 heavy (non-hydrogen) atoms. The van der Waals surface area contributed by atoms with Crippen LogP contribution in [0, 0.1) is 12.3 Å². The van der Waals surface area contributed by atoms with Gasteiger partial charge in [-0.25, -0.2) is 0 Å². The molecule has 0 saturated carbocycles.